The van der Waals surface area contributed by atoms with Crippen molar-refractivity contribution < 1.29 is 14.6 Å². The summed E-state index contributed by atoms with van der Waals surface area (Å²) in [5, 5.41) is 14.6. The van der Waals surface area contributed by atoms with Crippen molar-refractivity contribution in [3.8, 4) is 22.8 Å². The molecule has 0 amide bonds. The highest BCUT2D eigenvalue weighted by Crippen LogP contribution is 2.48. The van der Waals surface area contributed by atoms with Gasteiger partial charge in [-0.15, -0.1) is 0 Å². The van der Waals surface area contributed by atoms with Gasteiger partial charge in [-0.1, -0.05) is 23.2 Å². The number of fused-ring (bicyclic) bond motifs is 1. The molecule has 0 aliphatic rings. The number of anilines is 2. The summed E-state index contributed by atoms with van der Waals surface area (Å²) in [6.45, 7) is 0.0998. The SMILES string of the molecule is COc1cc(OC)c(Cl)c(N(CCO)c2ccc3ncc(-c4cnn(C)c4)nc3c2)c1Cl. The second-order valence-electron chi connectivity index (χ2n) is 6.96. The van der Waals surface area contributed by atoms with Crippen LogP contribution < -0.4 is 14.4 Å². The zero-order valence-corrected chi connectivity index (χ0v) is 19.2. The Morgan fingerprint density at radius 3 is 2.34 bits per heavy atom. The van der Waals surface area contributed by atoms with Crippen LogP contribution in [0.15, 0.2) is 42.9 Å². The molecule has 4 aromatic rings. The molecule has 0 fully saturated rings. The molecule has 10 heteroatoms. The minimum atomic E-state index is -0.133. The Morgan fingerprint density at radius 1 is 1.03 bits per heavy atom. The van der Waals surface area contributed by atoms with Gasteiger partial charge < -0.3 is 19.5 Å². The molecule has 0 aliphatic carbocycles. The monoisotopic (exact) mass is 473 g/mol. The zero-order chi connectivity index (χ0) is 22.8. The summed E-state index contributed by atoms with van der Waals surface area (Å²) in [5.74, 6) is 0.815. The molecular weight excluding hydrogens is 453 g/mol. The van der Waals surface area contributed by atoms with Crippen LogP contribution in [0.3, 0.4) is 0 Å². The lowest BCUT2D eigenvalue weighted by Crippen LogP contribution is -2.22. The Bertz CT molecular complexity index is 1250. The van der Waals surface area contributed by atoms with E-state index in [1.165, 1.54) is 14.2 Å². The van der Waals surface area contributed by atoms with E-state index in [1.807, 2.05) is 31.4 Å². The third kappa shape index (κ3) is 4.04. The number of methoxy groups -OCH3 is 2. The molecule has 166 valence electrons. The predicted octanol–water partition coefficient (Wildman–Crippen LogP) is 4.48. The lowest BCUT2D eigenvalue weighted by molar-refractivity contribution is 0.305. The number of aryl methyl sites for hydroxylation is 1. The van der Waals surface area contributed by atoms with Gasteiger partial charge in [0.2, 0.25) is 0 Å². The van der Waals surface area contributed by atoms with E-state index in [0.717, 1.165) is 16.8 Å². The molecule has 2 heterocycles. The van der Waals surface area contributed by atoms with Crippen molar-refractivity contribution in [2.75, 3.05) is 32.3 Å². The molecule has 0 unspecified atom stereocenters. The molecular formula is C22H21Cl2N5O3. The van der Waals surface area contributed by atoms with E-state index in [1.54, 1.807) is 28.0 Å². The summed E-state index contributed by atoms with van der Waals surface area (Å²) in [6.07, 6.45) is 5.32. The van der Waals surface area contributed by atoms with Crippen molar-refractivity contribution in [1.82, 2.24) is 19.7 Å². The van der Waals surface area contributed by atoms with Crippen molar-refractivity contribution >= 4 is 45.6 Å². The molecule has 0 aliphatic heterocycles. The largest absolute Gasteiger partial charge is 0.495 e. The lowest BCUT2D eigenvalue weighted by Gasteiger charge is -2.28. The summed E-state index contributed by atoms with van der Waals surface area (Å²) in [6, 6.07) is 7.22. The van der Waals surface area contributed by atoms with Gasteiger partial charge in [0, 0.05) is 37.1 Å². The topological polar surface area (TPSA) is 85.5 Å². The molecule has 0 saturated heterocycles. The van der Waals surface area contributed by atoms with E-state index in [9.17, 15) is 5.11 Å². The first-order chi connectivity index (χ1) is 15.5. The lowest BCUT2D eigenvalue weighted by atomic mass is 10.2. The number of ether oxygens (including phenoxy) is 2. The van der Waals surface area contributed by atoms with Gasteiger partial charge in [-0.3, -0.25) is 9.67 Å². The van der Waals surface area contributed by atoms with E-state index in [0.29, 0.717) is 38.4 Å². The number of hydrogen-bond donors (Lipinski definition) is 1. The molecule has 0 atom stereocenters. The van der Waals surface area contributed by atoms with Gasteiger partial charge in [0.1, 0.15) is 21.5 Å². The number of rotatable bonds is 7. The van der Waals surface area contributed by atoms with Crippen molar-refractivity contribution in [2.45, 2.75) is 0 Å². The smallest absolute Gasteiger partial charge is 0.143 e. The van der Waals surface area contributed by atoms with Crippen LogP contribution in [0.25, 0.3) is 22.3 Å². The minimum Gasteiger partial charge on any atom is -0.495 e. The van der Waals surface area contributed by atoms with E-state index < -0.39 is 0 Å². The zero-order valence-electron chi connectivity index (χ0n) is 17.7. The highest BCUT2D eigenvalue weighted by molar-refractivity contribution is 6.41. The van der Waals surface area contributed by atoms with Crippen molar-refractivity contribution in [3.05, 3.63) is 52.9 Å². The van der Waals surface area contributed by atoms with E-state index >= 15 is 0 Å². The maximum Gasteiger partial charge on any atom is 0.143 e. The van der Waals surface area contributed by atoms with Crippen LogP contribution >= 0.6 is 23.2 Å². The van der Waals surface area contributed by atoms with Crippen LogP contribution in [0.1, 0.15) is 0 Å². The van der Waals surface area contributed by atoms with Crippen molar-refractivity contribution in [3.63, 3.8) is 0 Å². The summed E-state index contributed by atoms with van der Waals surface area (Å²) >= 11 is 13.2. The summed E-state index contributed by atoms with van der Waals surface area (Å²) in [4.78, 5) is 11.1. The van der Waals surface area contributed by atoms with Gasteiger partial charge in [0.05, 0.1) is 55.6 Å². The Hall–Kier alpha value is -3.07. The number of halogens is 2. The molecule has 0 saturated carbocycles. The first-order valence-electron chi connectivity index (χ1n) is 9.71. The van der Waals surface area contributed by atoms with Gasteiger partial charge in [0.15, 0.2) is 0 Å². The van der Waals surface area contributed by atoms with Gasteiger partial charge in [0.25, 0.3) is 0 Å². The quantitative estimate of drug-likeness (QED) is 0.423. The Labute approximate surface area is 194 Å². The summed E-state index contributed by atoms with van der Waals surface area (Å²) in [7, 11) is 4.87. The molecule has 2 aromatic carbocycles. The highest BCUT2D eigenvalue weighted by atomic mass is 35.5. The second-order valence-corrected chi connectivity index (χ2v) is 7.72. The fraction of sp³-hybridized carbons (Fsp3) is 0.227. The maximum atomic E-state index is 9.77. The number of aliphatic hydroxyl groups excluding tert-OH is 1. The Kier molecular flexibility index (Phi) is 6.36. The van der Waals surface area contributed by atoms with E-state index in [2.05, 4.69) is 10.1 Å². The predicted molar refractivity (Wildman–Crippen MR) is 125 cm³/mol. The standard InChI is InChI=1S/C22H21Cl2N5O3/c1-28-12-13(10-26-28)17-11-25-15-5-4-14(8-16(15)27-17)29(6-7-30)22-20(23)18(31-2)9-19(32-3)21(22)24/h4-5,8-12,30H,6-7H2,1-3H3. The van der Waals surface area contributed by atoms with E-state index in [4.69, 9.17) is 37.7 Å². The van der Waals surface area contributed by atoms with Crippen LogP contribution in [0, 0.1) is 0 Å². The first kappa shape index (κ1) is 22.1. The molecule has 0 bridgehead atoms. The first-order valence-corrected chi connectivity index (χ1v) is 10.5. The molecule has 4 rings (SSSR count). The minimum absolute atomic E-state index is 0.133. The average molecular weight is 474 g/mol. The van der Waals surface area contributed by atoms with E-state index in [-0.39, 0.29) is 13.2 Å². The molecule has 32 heavy (non-hydrogen) atoms. The summed E-state index contributed by atoms with van der Waals surface area (Å²) in [5.41, 5.74) is 4.16. The average Bonchev–Trinajstić information content (AvgIpc) is 3.24. The highest BCUT2D eigenvalue weighted by Gasteiger charge is 2.23. The van der Waals surface area contributed by atoms with Gasteiger partial charge in [-0.05, 0) is 18.2 Å². The normalized spacial score (nSPS) is 11.1. The van der Waals surface area contributed by atoms with Crippen molar-refractivity contribution in [2.24, 2.45) is 7.05 Å². The van der Waals surface area contributed by atoms with Crippen molar-refractivity contribution in [1.29, 1.82) is 0 Å². The van der Waals surface area contributed by atoms with Crippen LogP contribution in [0.2, 0.25) is 10.0 Å². The Balaban J connectivity index is 1.86. The maximum absolute atomic E-state index is 9.77. The second kappa shape index (κ2) is 9.20. The van der Waals surface area contributed by atoms with Crippen LogP contribution in [-0.4, -0.2) is 52.2 Å². The third-order valence-electron chi connectivity index (χ3n) is 4.98. The number of nitrogens with zero attached hydrogens (tertiary/aromatic N) is 5. The fourth-order valence-electron chi connectivity index (χ4n) is 3.44. The molecule has 0 radical (unpaired) electrons. The van der Waals surface area contributed by atoms with Gasteiger partial charge >= 0.3 is 0 Å². The fourth-order valence-corrected chi connectivity index (χ4v) is 4.14. The Morgan fingerprint density at radius 2 is 1.75 bits per heavy atom. The van der Waals surface area contributed by atoms with Crippen LogP contribution in [-0.2, 0) is 7.05 Å². The van der Waals surface area contributed by atoms with Gasteiger partial charge in [-0.25, -0.2) is 4.98 Å². The van der Waals surface area contributed by atoms with Crippen LogP contribution in [0.4, 0.5) is 11.4 Å². The molecule has 0 spiro atoms. The molecule has 2 aromatic heterocycles. The number of aliphatic hydroxyl groups is 1. The number of benzene rings is 2. The number of hydrogen-bond acceptors (Lipinski definition) is 7. The van der Waals surface area contributed by atoms with Crippen LogP contribution in [0.5, 0.6) is 11.5 Å². The summed E-state index contributed by atoms with van der Waals surface area (Å²) < 4.78 is 12.5. The molecule has 8 nitrogen and oxygen atoms in total. The number of aromatic nitrogens is 4. The molecule has 1 N–H and O–H groups in total. The van der Waals surface area contributed by atoms with Gasteiger partial charge in [-0.2, -0.15) is 5.10 Å². The third-order valence-corrected chi connectivity index (χ3v) is 5.71.